The van der Waals surface area contributed by atoms with Crippen molar-refractivity contribution in [3.63, 3.8) is 0 Å². The molecule has 2 rings (SSSR count). The molecular weight excluding hydrogens is 210 g/mol. The molecule has 0 radical (unpaired) electrons. The van der Waals surface area contributed by atoms with Crippen LogP contribution in [0.3, 0.4) is 0 Å². The Bertz CT molecular complexity index is 554. The maximum Gasteiger partial charge on any atom is 0.243 e. The second kappa shape index (κ2) is 4.83. The largest absolute Gasteiger partial charge is 0.346 e. The summed E-state index contributed by atoms with van der Waals surface area (Å²) < 4.78 is 0. The molecule has 0 heterocycles. The van der Waals surface area contributed by atoms with Gasteiger partial charge in [-0.1, -0.05) is 49.0 Å². The summed E-state index contributed by atoms with van der Waals surface area (Å²) in [5, 5.41) is 5.24. The van der Waals surface area contributed by atoms with E-state index in [4.69, 9.17) is 0 Å². The fourth-order valence-electron chi connectivity index (χ4n) is 1.98. The molecule has 2 heteroatoms. The van der Waals surface area contributed by atoms with E-state index >= 15 is 0 Å². The average molecular weight is 225 g/mol. The molecule has 2 aromatic carbocycles. The van der Waals surface area contributed by atoms with Crippen LogP contribution in [0.1, 0.15) is 18.5 Å². The van der Waals surface area contributed by atoms with Crippen LogP contribution in [0.2, 0.25) is 0 Å². The van der Waals surface area contributed by atoms with Crippen LogP contribution in [0.25, 0.3) is 10.8 Å². The molecule has 2 aromatic rings. The number of hydrogen-bond donors (Lipinski definition) is 1. The number of fused-ring (bicyclic) bond motifs is 1. The van der Waals surface area contributed by atoms with Gasteiger partial charge in [0.2, 0.25) is 5.91 Å². The summed E-state index contributed by atoms with van der Waals surface area (Å²) in [7, 11) is 0. The Morgan fingerprint density at radius 2 is 1.94 bits per heavy atom. The van der Waals surface area contributed by atoms with Gasteiger partial charge in [-0.3, -0.25) is 4.79 Å². The van der Waals surface area contributed by atoms with Gasteiger partial charge in [0, 0.05) is 0 Å². The van der Waals surface area contributed by atoms with Crippen LogP contribution in [0.4, 0.5) is 0 Å². The van der Waals surface area contributed by atoms with Gasteiger partial charge in [-0.15, -0.1) is 0 Å². The first-order chi connectivity index (χ1) is 8.22. The van der Waals surface area contributed by atoms with Gasteiger partial charge in [0.1, 0.15) is 0 Å². The van der Waals surface area contributed by atoms with Crippen molar-refractivity contribution in [3.8, 4) is 0 Å². The second-order valence-corrected chi connectivity index (χ2v) is 4.00. The van der Waals surface area contributed by atoms with Crippen LogP contribution in [-0.4, -0.2) is 5.91 Å². The standard InChI is InChI=1S/C15H15NO/c1-3-15(17)16-11(2)13-10-6-8-12-7-4-5-9-14(12)13/h3-11H,1H2,2H3,(H,16,17)/t11-/m0/s1. The van der Waals surface area contributed by atoms with Gasteiger partial charge < -0.3 is 5.32 Å². The van der Waals surface area contributed by atoms with Crippen LogP contribution in [0, 0.1) is 0 Å². The zero-order valence-electron chi connectivity index (χ0n) is 9.81. The van der Waals surface area contributed by atoms with Crippen LogP contribution in [-0.2, 0) is 4.79 Å². The van der Waals surface area contributed by atoms with E-state index in [9.17, 15) is 4.79 Å². The zero-order valence-corrected chi connectivity index (χ0v) is 9.81. The van der Waals surface area contributed by atoms with Gasteiger partial charge in [-0.25, -0.2) is 0 Å². The lowest BCUT2D eigenvalue weighted by atomic mass is 10.00. The number of benzene rings is 2. The Labute approximate surface area is 101 Å². The third kappa shape index (κ3) is 2.36. The van der Waals surface area contributed by atoms with Crippen molar-refractivity contribution in [2.24, 2.45) is 0 Å². The topological polar surface area (TPSA) is 29.1 Å². The number of nitrogens with one attached hydrogen (secondary N) is 1. The minimum absolute atomic E-state index is 0.0217. The van der Waals surface area contributed by atoms with Crippen molar-refractivity contribution < 1.29 is 4.79 Å². The van der Waals surface area contributed by atoms with E-state index in [0.29, 0.717) is 0 Å². The predicted octanol–water partition coefficient (Wildman–Crippen LogP) is 3.20. The summed E-state index contributed by atoms with van der Waals surface area (Å²) in [6.07, 6.45) is 1.29. The summed E-state index contributed by atoms with van der Waals surface area (Å²) in [5.74, 6) is -0.148. The minimum Gasteiger partial charge on any atom is -0.346 e. The predicted molar refractivity (Wildman–Crippen MR) is 70.7 cm³/mol. The van der Waals surface area contributed by atoms with E-state index in [-0.39, 0.29) is 11.9 Å². The summed E-state index contributed by atoms with van der Waals surface area (Å²) in [6, 6.07) is 14.3. The fraction of sp³-hybridized carbons (Fsp3) is 0.133. The van der Waals surface area contributed by atoms with Gasteiger partial charge in [-0.05, 0) is 29.3 Å². The molecule has 17 heavy (non-hydrogen) atoms. The maximum absolute atomic E-state index is 11.3. The van der Waals surface area contributed by atoms with Crippen molar-refractivity contribution in [2.75, 3.05) is 0 Å². The summed E-state index contributed by atoms with van der Waals surface area (Å²) in [6.45, 7) is 5.43. The Morgan fingerprint density at radius 1 is 1.24 bits per heavy atom. The van der Waals surface area contributed by atoms with E-state index in [2.05, 4.69) is 30.1 Å². The van der Waals surface area contributed by atoms with Crippen molar-refractivity contribution in [1.29, 1.82) is 0 Å². The number of carbonyl (C=O) groups is 1. The highest BCUT2D eigenvalue weighted by Crippen LogP contribution is 2.23. The molecule has 0 unspecified atom stereocenters. The van der Waals surface area contributed by atoms with Gasteiger partial charge in [0.05, 0.1) is 6.04 Å². The first kappa shape index (κ1) is 11.4. The molecule has 0 fully saturated rings. The van der Waals surface area contributed by atoms with E-state index in [0.717, 1.165) is 5.56 Å². The molecule has 0 aliphatic heterocycles. The van der Waals surface area contributed by atoms with Crippen LogP contribution in [0.15, 0.2) is 55.1 Å². The Morgan fingerprint density at radius 3 is 2.71 bits per heavy atom. The van der Waals surface area contributed by atoms with Crippen molar-refractivity contribution in [1.82, 2.24) is 5.32 Å². The van der Waals surface area contributed by atoms with Crippen LogP contribution >= 0.6 is 0 Å². The first-order valence-electron chi connectivity index (χ1n) is 5.63. The van der Waals surface area contributed by atoms with E-state index in [1.165, 1.54) is 16.8 Å². The lowest BCUT2D eigenvalue weighted by Gasteiger charge is -2.15. The molecule has 86 valence electrons. The zero-order chi connectivity index (χ0) is 12.3. The Hall–Kier alpha value is -2.09. The molecule has 0 spiro atoms. The third-order valence-corrected chi connectivity index (χ3v) is 2.83. The van der Waals surface area contributed by atoms with Gasteiger partial charge in [0.15, 0.2) is 0 Å². The van der Waals surface area contributed by atoms with Crippen LogP contribution in [0.5, 0.6) is 0 Å². The lowest BCUT2D eigenvalue weighted by molar-refractivity contribution is -0.117. The summed E-state index contributed by atoms with van der Waals surface area (Å²) >= 11 is 0. The number of hydrogen-bond acceptors (Lipinski definition) is 1. The Kier molecular flexibility index (Phi) is 3.24. The van der Waals surface area contributed by atoms with E-state index < -0.39 is 0 Å². The van der Waals surface area contributed by atoms with Crippen LogP contribution < -0.4 is 5.32 Å². The number of rotatable bonds is 3. The van der Waals surface area contributed by atoms with Gasteiger partial charge in [-0.2, -0.15) is 0 Å². The summed E-state index contributed by atoms with van der Waals surface area (Å²) in [5.41, 5.74) is 1.12. The fourth-order valence-corrected chi connectivity index (χ4v) is 1.98. The van der Waals surface area contributed by atoms with Crippen molar-refractivity contribution >= 4 is 16.7 Å². The molecule has 0 saturated carbocycles. The number of carbonyl (C=O) groups excluding carboxylic acids is 1. The van der Waals surface area contributed by atoms with Gasteiger partial charge in [0.25, 0.3) is 0 Å². The maximum atomic E-state index is 11.3. The second-order valence-electron chi connectivity index (χ2n) is 4.00. The average Bonchev–Trinajstić information content (AvgIpc) is 2.37. The first-order valence-corrected chi connectivity index (χ1v) is 5.63. The molecular formula is C15H15NO. The highest BCUT2D eigenvalue weighted by molar-refractivity contribution is 5.89. The number of amides is 1. The highest BCUT2D eigenvalue weighted by Gasteiger charge is 2.09. The summed E-state index contributed by atoms with van der Waals surface area (Å²) in [4.78, 5) is 11.3. The molecule has 2 nitrogen and oxygen atoms in total. The smallest absolute Gasteiger partial charge is 0.243 e. The van der Waals surface area contributed by atoms with Crippen molar-refractivity contribution in [2.45, 2.75) is 13.0 Å². The molecule has 0 aliphatic carbocycles. The van der Waals surface area contributed by atoms with E-state index in [1.54, 1.807) is 0 Å². The van der Waals surface area contributed by atoms with E-state index in [1.807, 2.05) is 31.2 Å². The molecule has 1 atom stereocenters. The van der Waals surface area contributed by atoms with Gasteiger partial charge >= 0.3 is 0 Å². The lowest BCUT2D eigenvalue weighted by Crippen LogP contribution is -2.24. The molecule has 0 saturated heterocycles. The highest BCUT2D eigenvalue weighted by atomic mass is 16.1. The quantitative estimate of drug-likeness (QED) is 0.798. The normalized spacial score (nSPS) is 12.1. The minimum atomic E-state index is -0.148. The molecule has 0 bridgehead atoms. The molecule has 0 aromatic heterocycles. The molecule has 1 N–H and O–H groups in total. The SMILES string of the molecule is C=CC(=O)N[C@@H](C)c1cccc2ccccc12. The molecule has 1 amide bonds. The third-order valence-electron chi connectivity index (χ3n) is 2.83. The van der Waals surface area contributed by atoms with Crippen molar-refractivity contribution in [3.05, 3.63) is 60.7 Å². The Balaban J connectivity index is 2.41. The molecule has 0 aliphatic rings. The monoisotopic (exact) mass is 225 g/mol.